The number of para-hydroxylation sites is 1. The van der Waals surface area contributed by atoms with Gasteiger partial charge in [0, 0.05) is 18.0 Å². The van der Waals surface area contributed by atoms with Gasteiger partial charge < -0.3 is 4.90 Å². The van der Waals surface area contributed by atoms with Crippen molar-refractivity contribution in [1.82, 2.24) is 0 Å². The summed E-state index contributed by atoms with van der Waals surface area (Å²) in [5, 5.41) is 0. The molecule has 0 bridgehead atoms. The van der Waals surface area contributed by atoms with Gasteiger partial charge in [0.2, 0.25) is 0 Å². The minimum atomic E-state index is -2.34. The largest absolute Gasteiger partial charge is 0.371 e. The van der Waals surface area contributed by atoms with E-state index in [9.17, 15) is 8.78 Å². The first-order chi connectivity index (χ1) is 7.27. The predicted molar refractivity (Wildman–Crippen MR) is 59.8 cm³/mol. The number of nitrogens with zero attached hydrogens (tertiary/aromatic N) is 1. The average Bonchev–Trinajstić information content (AvgIpc) is 2.70. The van der Waals surface area contributed by atoms with E-state index in [1.807, 2.05) is 18.2 Å². The Kier molecular flexibility index (Phi) is 3.46. The van der Waals surface area contributed by atoms with Crippen molar-refractivity contribution in [2.75, 3.05) is 18.0 Å². The van der Waals surface area contributed by atoms with E-state index < -0.39 is 5.76 Å². The number of thioether (sulfide) groups is 1. The third kappa shape index (κ3) is 2.62. The Hall–Kier alpha value is -0.770. The fourth-order valence-electron chi connectivity index (χ4n) is 1.87. The van der Waals surface area contributed by atoms with Gasteiger partial charge in [-0.3, -0.25) is 0 Å². The number of anilines is 1. The van der Waals surface area contributed by atoms with Gasteiger partial charge in [-0.05, 0) is 25.0 Å². The van der Waals surface area contributed by atoms with Gasteiger partial charge in [-0.25, -0.2) is 0 Å². The third-order valence-electron chi connectivity index (χ3n) is 2.53. The molecule has 15 heavy (non-hydrogen) atoms. The maximum absolute atomic E-state index is 12.3. The van der Waals surface area contributed by atoms with Gasteiger partial charge in [0.05, 0.1) is 5.69 Å². The molecular weight excluding hydrogens is 216 g/mol. The predicted octanol–water partition coefficient (Wildman–Crippen LogP) is 3.60. The molecule has 1 aliphatic heterocycles. The lowest BCUT2D eigenvalue weighted by Crippen LogP contribution is -2.18. The SMILES string of the molecule is FC(F)Sc1ccccc1N1CCCC1. The van der Waals surface area contributed by atoms with Gasteiger partial charge in [0.15, 0.2) is 0 Å². The van der Waals surface area contributed by atoms with Crippen molar-refractivity contribution in [3.8, 4) is 0 Å². The standard InChI is InChI=1S/C11H13F2NS/c12-11(13)15-10-6-2-1-5-9(10)14-7-3-4-8-14/h1-2,5-6,11H,3-4,7-8H2. The van der Waals surface area contributed by atoms with Gasteiger partial charge in [-0.2, -0.15) is 8.78 Å². The molecule has 82 valence electrons. The number of hydrogen-bond donors (Lipinski definition) is 0. The summed E-state index contributed by atoms with van der Waals surface area (Å²) in [6.45, 7) is 1.97. The summed E-state index contributed by atoms with van der Waals surface area (Å²) < 4.78 is 24.7. The number of halogens is 2. The highest BCUT2D eigenvalue weighted by molar-refractivity contribution is 7.99. The van der Waals surface area contributed by atoms with Crippen molar-refractivity contribution in [2.45, 2.75) is 23.5 Å². The number of hydrogen-bond acceptors (Lipinski definition) is 2. The zero-order valence-corrected chi connectivity index (χ0v) is 9.14. The van der Waals surface area contributed by atoms with Crippen LogP contribution in [-0.2, 0) is 0 Å². The summed E-state index contributed by atoms with van der Waals surface area (Å²) in [6, 6.07) is 7.41. The lowest BCUT2D eigenvalue weighted by atomic mass is 10.3. The number of benzene rings is 1. The summed E-state index contributed by atoms with van der Waals surface area (Å²) in [5.74, 6) is -2.34. The molecule has 0 aliphatic carbocycles. The minimum Gasteiger partial charge on any atom is -0.371 e. The van der Waals surface area contributed by atoms with Crippen LogP contribution in [0.4, 0.5) is 14.5 Å². The van der Waals surface area contributed by atoms with Crippen molar-refractivity contribution in [1.29, 1.82) is 0 Å². The van der Waals surface area contributed by atoms with E-state index in [0.29, 0.717) is 16.7 Å². The van der Waals surface area contributed by atoms with Gasteiger partial charge in [0.1, 0.15) is 0 Å². The van der Waals surface area contributed by atoms with Crippen LogP contribution in [0, 0.1) is 0 Å². The molecule has 0 atom stereocenters. The molecule has 1 aromatic rings. The first kappa shape index (κ1) is 10.7. The molecule has 4 heteroatoms. The lowest BCUT2D eigenvalue weighted by molar-refractivity contribution is 0.252. The van der Waals surface area contributed by atoms with Gasteiger partial charge in [-0.15, -0.1) is 0 Å². The normalized spacial score (nSPS) is 16.3. The Balaban J connectivity index is 2.20. The van der Waals surface area contributed by atoms with Crippen molar-refractivity contribution in [2.24, 2.45) is 0 Å². The second-order valence-corrected chi connectivity index (χ2v) is 4.57. The van der Waals surface area contributed by atoms with E-state index in [0.717, 1.165) is 31.6 Å². The first-order valence-corrected chi connectivity index (χ1v) is 5.94. The summed E-state index contributed by atoms with van der Waals surface area (Å²) in [6.07, 6.45) is 2.32. The van der Waals surface area contributed by atoms with Crippen LogP contribution in [0.15, 0.2) is 29.2 Å². The third-order valence-corrected chi connectivity index (χ3v) is 3.31. The van der Waals surface area contributed by atoms with Crippen LogP contribution < -0.4 is 4.90 Å². The molecule has 1 nitrogen and oxygen atoms in total. The van der Waals surface area contributed by atoms with Crippen LogP contribution in [-0.4, -0.2) is 18.8 Å². The van der Waals surface area contributed by atoms with E-state index in [1.165, 1.54) is 0 Å². The monoisotopic (exact) mass is 229 g/mol. The van der Waals surface area contributed by atoms with Crippen molar-refractivity contribution in [3.05, 3.63) is 24.3 Å². The van der Waals surface area contributed by atoms with Gasteiger partial charge >= 0.3 is 0 Å². The molecule has 0 unspecified atom stereocenters. The molecule has 1 aromatic carbocycles. The Labute approximate surface area is 92.5 Å². The molecule has 0 amide bonds. The zero-order chi connectivity index (χ0) is 10.7. The van der Waals surface area contributed by atoms with E-state index >= 15 is 0 Å². The molecule has 1 aliphatic rings. The van der Waals surface area contributed by atoms with Crippen LogP contribution >= 0.6 is 11.8 Å². The van der Waals surface area contributed by atoms with Crippen LogP contribution in [0.3, 0.4) is 0 Å². The molecule has 0 N–H and O–H groups in total. The fourth-order valence-corrected chi connectivity index (χ4v) is 2.54. The van der Waals surface area contributed by atoms with Crippen molar-refractivity contribution >= 4 is 17.4 Å². The van der Waals surface area contributed by atoms with Crippen LogP contribution in [0.5, 0.6) is 0 Å². The molecular formula is C11H13F2NS. The highest BCUT2D eigenvalue weighted by Crippen LogP contribution is 2.35. The summed E-state index contributed by atoms with van der Waals surface area (Å²) in [4.78, 5) is 2.87. The molecule has 2 rings (SSSR count). The molecule has 0 aromatic heterocycles. The molecule has 1 fully saturated rings. The van der Waals surface area contributed by atoms with Crippen LogP contribution in [0.1, 0.15) is 12.8 Å². The van der Waals surface area contributed by atoms with E-state index in [4.69, 9.17) is 0 Å². The van der Waals surface area contributed by atoms with E-state index in [-0.39, 0.29) is 0 Å². The molecule has 1 heterocycles. The van der Waals surface area contributed by atoms with E-state index in [2.05, 4.69) is 4.90 Å². The highest BCUT2D eigenvalue weighted by Gasteiger charge is 2.17. The smallest absolute Gasteiger partial charge is 0.288 e. The maximum atomic E-state index is 12.3. The lowest BCUT2D eigenvalue weighted by Gasteiger charge is -2.20. The fraction of sp³-hybridized carbons (Fsp3) is 0.455. The molecule has 1 saturated heterocycles. The molecule has 0 saturated carbocycles. The molecule has 0 spiro atoms. The number of rotatable bonds is 3. The Morgan fingerprint density at radius 3 is 2.47 bits per heavy atom. The number of alkyl halides is 2. The average molecular weight is 229 g/mol. The first-order valence-electron chi connectivity index (χ1n) is 5.06. The van der Waals surface area contributed by atoms with Crippen molar-refractivity contribution < 1.29 is 8.78 Å². The Bertz CT molecular complexity index is 324. The topological polar surface area (TPSA) is 3.24 Å². The second kappa shape index (κ2) is 4.84. The minimum absolute atomic E-state index is 0.637. The second-order valence-electron chi connectivity index (χ2n) is 3.54. The maximum Gasteiger partial charge on any atom is 0.288 e. The van der Waals surface area contributed by atoms with Gasteiger partial charge in [-0.1, -0.05) is 23.9 Å². The van der Waals surface area contributed by atoms with Crippen molar-refractivity contribution in [3.63, 3.8) is 0 Å². The summed E-state index contributed by atoms with van der Waals surface area (Å²) in [7, 11) is 0. The summed E-state index contributed by atoms with van der Waals surface area (Å²) in [5.41, 5.74) is 0.959. The van der Waals surface area contributed by atoms with E-state index in [1.54, 1.807) is 6.07 Å². The van der Waals surface area contributed by atoms with Crippen LogP contribution in [0.2, 0.25) is 0 Å². The Morgan fingerprint density at radius 2 is 1.80 bits per heavy atom. The van der Waals surface area contributed by atoms with Gasteiger partial charge in [0.25, 0.3) is 5.76 Å². The zero-order valence-electron chi connectivity index (χ0n) is 8.33. The summed E-state index contributed by atoms with van der Waals surface area (Å²) >= 11 is 0.637. The highest BCUT2D eigenvalue weighted by atomic mass is 32.2. The quantitative estimate of drug-likeness (QED) is 0.728. The molecule has 0 radical (unpaired) electrons. The Morgan fingerprint density at radius 1 is 1.13 bits per heavy atom. The van der Waals surface area contributed by atoms with Crippen LogP contribution in [0.25, 0.3) is 0 Å².